The summed E-state index contributed by atoms with van der Waals surface area (Å²) in [4.78, 5) is 25.8. The molecule has 5 nitrogen and oxygen atoms in total. The van der Waals surface area contributed by atoms with Crippen LogP contribution in [-0.2, 0) is 4.79 Å². The fraction of sp³-hybridized carbons (Fsp3) is 0.300. The molecule has 86 valence electrons. The van der Waals surface area contributed by atoms with Crippen LogP contribution in [0.15, 0.2) is 18.5 Å². The number of hydrogen-bond donors (Lipinski definition) is 2. The van der Waals surface area contributed by atoms with Gasteiger partial charge in [-0.2, -0.15) is 0 Å². The highest BCUT2D eigenvalue weighted by Gasteiger charge is 2.12. The maximum absolute atomic E-state index is 11.5. The van der Waals surface area contributed by atoms with Crippen molar-refractivity contribution in [2.45, 2.75) is 6.92 Å². The molecule has 0 aliphatic rings. The maximum Gasteiger partial charge on any atom is 0.337 e. The van der Waals surface area contributed by atoms with Gasteiger partial charge in [0.05, 0.1) is 17.4 Å². The first kappa shape index (κ1) is 12.4. The number of nitrogens with one attached hydrogen (secondary N) is 1. The minimum Gasteiger partial charge on any atom is -0.478 e. The normalized spacial score (nSPS) is 11.9. The Hall–Kier alpha value is -1.62. The number of carbonyl (C=O) groups excluding carboxylic acids is 1. The number of carboxylic acids is 1. The lowest BCUT2D eigenvalue weighted by Gasteiger charge is -2.08. The van der Waals surface area contributed by atoms with Gasteiger partial charge in [0.25, 0.3) is 0 Å². The topological polar surface area (TPSA) is 79.3 Å². The number of alkyl halides is 1. The zero-order valence-corrected chi connectivity index (χ0v) is 9.36. The van der Waals surface area contributed by atoms with Gasteiger partial charge in [0.15, 0.2) is 0 Å². The van der Waals surface area contributed by atoms with Gasteiger partial charge in [0.2, 0.25) is 5.91 Å². The standard InChI is InChI=1S/C10H11ClN2O3/c1-6(3-11)9(14)13-8-2-7(10(15)16)4-12-5-8/h2,4-6H,3H2,1H3,(H,13,14)(H,15,16). The van der Waals surface area contributed by atoms with E-state index in [0.29, 0.717) is 5.69 Å². The van der Waals surface area contributed by atoms with Gasteiger partial charge in [-0.15, -0.1) is 11.6 Å². The Morgan fingerprint density at radius 2 is 2.25 bits per heavy atom. The minimum absolute atomic E-state index is 0.0244. The van der Waals surface area contributed by atoms with Crippen molar-refractivity contribution in [2.75, 3.05) is 11.2 Å². The Bertz CT molecular complexity index is 409. The largest absolute Gasteiger partial charge is 0.478 e. The molecule has 0 saturated carbocycles. The quantitative estimate of drug-likeness (QED) is 0.786. The fourth-order valence-electron chi connectivity index (χ4n) is 0.961. The lowest BCUT2D eigenvalue weighted by atomic mass is 10.2. The minimum atomic E-state index is -1.09. The van der Waals surface area contributed by atoms with Crippen LogP contribution in [-0.4, -0.2) is 27.8 Å². The number of rotatable bonds is 4. The van der Waals surface area contributed by atoms with Crippen molar-refractivity contribution in [1.82, 2.24) is 4.98 Å². The van der Waals surface area contributed by atoms with Crippen molar-refractivity contribution in [3.63, 3.8) is 0 Å². The molecule has 0 bridgehead atoms. The number of aromatic carboxylic acids is 1. The monoisotopic (exact) mass is 242 g/mol. The van der Waals surface area contributed by atoms with Crippen LogP contribution in [0.4, 0.5) is 5.69 Å². The molecule has 0 fully saturated rings. The van der Waals surface area contributed by atoms with Crippen molar-refractivity contribution in [1.29, 1.82) is 0 Å². The highest BCUT2D eigenvalue weighted by atomic mass is 35.5. The van der Waals surface area contributed by atoms with E-state index in [0.717, 1.165) is 0 Å². The molecule has 1 rings (SSSR count). The number of pyridine rings is 1. The first-order chi connectivity index (χ1) is 7.54. The van der Waals surface area contributed by atoms with E-state index in [2.05, 4.69) is 10.3 Å². The van der Waals surface area contributed by atoms with E-state index in [1.807, 2.05) is 0 Å². The summed E-state index contributed by atoms with van der Waals surface area (Å²) in [6, 6.07) is 1.34. The molecule has 16 heavy (non-hydrogen) atoms. The summed E-state index contributed by atoms with van der Waals surface area (Å²) >= 11 is 5.52. The molecule has 1 unspecified atom stereocenters. The predicted molar refractivity (Wildman–Crippen MR) is 59.7 cm³/mol. The SMILES string of the molecule is CC(CCl)C(=O)Nc1cncc(C(=O)O)c1. The van der Waals surface area contributed by atoms with Crippen LogP contribution in [0.25, 0.3) is 0 Å². The number of hydrogen-bond acceptors (Lipinski definition) is 3. The number of halogens is 1. The van der Waals surface area contributed by atoms with Gasteiger partial charge in [0, 0.05) is 18.0 Å². The zero-order chi connectivity index (χ0) is 12.1. The number of carbonyl (C=O) groups is 2. The number of amides is 1. The fourth-order valence-corrected chi connectivity index (χ4v) is 1.10. The maximum atomic E-state index is 11.5. The van der Waals surface area contributed by atoms with Crippen molar-refractivity contribution in [2.24, 2.45) is 5.92 Å². The van der Waals surface area contributed by atoms with Crippen molar-refractivity contribution in [3.05, 3.63) is 24.0 Å². The molecular formula is C10H11ClN2O3. The van der Waals surface area contributed by atoms with Crippen LogP contribution in [0.2, 0.25) is 0 Å². The highest BCUT2D eigenvalue weighted by Crippen LogP contribution is 2.10. The van der Waals surface area contributed by atoms with E-state index < -0.39 is 5.97 Å². The number of carboxylic acid groups (broad SMARTS) is 1. The summed E-state index contributed by atoms with van der Waals surface area (Å²) in [7, 11) is 0. The van der Waals surface area contributed by atoms with E-state index in [1.54, 1.807) is 6.92 Å². The summed E-state index contributed by atoms with van der Waals surface area (Å²) in [5.74, 6) is -1.48. The highest BCUT2D eigenvalue weighted by molar-refractivity contribution is 6.19. The van der Waals surface area contributed by atoms with Gasteiger partial charge < -0.3 is 10.4 Å². The van der Waals surface area contributed by atoms with Crippen LogP contribution in [0, 0.1) is 5.92 Å². The van der Waals surface area contributed by atoms with Crippen LogP contribution in [0.5, 0.6) is 0 Å². The van der Waals surface area contributed by atoms with Gasteiger partial charge in [-0.25, -0.2) is 4.79 Å². The molecule has 6 heteroatoms. The lowest BCUT2D eigenvalue weighted by molar-refractivity contribution is -0.118. The van der Waals surface area contributed by atoms with E-state index >= 15 is 0 Å². The summed E-state index contributed by atoms with van der Waals surface area (Å²) in [6.45, 7) is 1.68. The van der Waals surface area contributed by atoms with Gasteiger partial charge in [-0.1, -0.05) is 6.92 Å². The third-order valence-electron chi connectivity index (χ3n) is 1.93. The molecule has 1 heterocycles. The summed E-state index contributed by atoms with van der Waals surface area (Å²) in [6.07, 6.45) is 2.59. The predicted octanol–water partition coefficient (Wildman–Crippen LogP) is 1.59. The van der Waals surface area contributed by atoms with Crippen molar-refractivity contribution >= 4 is 29.2 Å². The molecule has 0 spiro atoms. The molecule has 2 N–H and O–H groups in total. The number of aromatic nitrogens is 1. The Morgan fingerprint density at radius 3 is 2.81 bits per heavy atom. The number of nitrogens with zero attached hydrogens (tertiary/aromatic N) is 1. The van der Waals surface area contributed by atoms with E-state index in [-0.39, 0.29) is 23.3 Å². The molecule has 1 aromatic heterocycles. The van der Waals surface area contributed by atoms with E-state index in [4.69, 9.17) is 16.7 Å². The van der Waals surface area contributed by atoms with Gasteiger partial charge in [-0.3, -0.25) is 9.78 Å². The third kappa shape index (κ3) is 3.20. The Kier molecular flexibility index (Phi) is 4.25. The second-order valence-electron chi connectivity index (χ2n) is 3.31. The second-order valence-corrected chi connectivity index (χ2v) is 3.62. The van der Waals surface area contributed by atoms with Gasteiger partial charge >= 0.3 is 5.97 Å². The molecule has 1 amide bonds. The first-order valence-electron chi connectivity index (χ1n) is 4.59. The smallest absolute Gasteiger partial charge is 0.337 e. The van der Waals surface area contributed by atoms with Gasteiger partial charge in [-0.05, 0) is 6.07 Å². The number of anilines is 1. The lowest BCUT2D eigenvalue weighted by Crippen LogP contribution is -2.21. The molecule has 0 aromatic carbocycles. The molecular weight excluding hydrogens is 232 g/mol. The van der Waals surface area contributed by atoms with E-state index in [9.17, 15) is 9.59 Å². The molecule has 0 aliphatic carbocycles. The first-order valence-corrected chi connectivity index (χ1v) is 5.13. The molecule has 1 atom stereocenters. The molecule has 0 saturated heterocycles. The summed E-state index contributed by atoms with van der Waals surface area (Å²) < 4.78 is 0. The van der Waals surface area contributed by atoms with Crippen molar-refractivity contribution in [3.8, 4) is 0 Å². The van der Waals surface area contributed by atoms with Crippen LogP contribution < -0.4 is 5.32 Å². The van der Waals surface area contributed by atoms with Crippen LogP contribution in [0.3, 0.4) is 0 Å². The third-order valence-corrected chi connectivity index (χ3v) is 2.39. The van der Waals surface area contributed by atoms with E-state index in [1.165, 1.54) is 18.5 Å². The molecule has 0 aliphatic heterocycles. The van der Waals surface area contributed by atoms with Crippen LogP contribution >= 0.6 is 11.6 Å². The Morgan fingerprint density at radius 1 is 1.56 bits per heavy atom. The van der Waals surface area contributed by atoms with Crippen LogP contribution in [0.1, 0.15) is 17.3 Å². The summed E-state index contributed by atoms with van der Waals surface area (Å²) in [5, 5.41) is 11.3. The van der Waals surface area contributed by atoms with Gasteiger partial charge in [0.1, 0.15) is 0 Å². The average molecular weight is 243 g/mol. The zero-order valence-electron chi connectivity index (χ0n) is 8.61. The molecule has 0 radical (unpaired) electrons. The van der Waals surface area contributed by atoms with Crippen molar-refractivity contribution < 1.29 is 14.7 Å². The second kappa shape index (κ2) is 5.46. The summed E-state index contributed by atoms with van der Waals surface area (Å²) in [5.41, 5.74) is 0.373. The molecule has 1 aromatic rings. The Labute approximate surface area is 97.4 Å². The Balaban J connectivity index is 2.78. The average Bonchev–Trinajstić information content (AvgIpc) is 2.28.